The minimum Gasteiger partial charge on any atom is -0.382 e. The summed E-state index contributed by atoms with van der Waals surface area (Å²) >= 11 is 1.59. The number of urea groups is 1. The Balaban J connectivity index is 1.10. The normalized spacial score (nSPS) is 21.8. The zero-order chi connectivity index (χ0) is 29.5. The Kier molecular flexibility index (Phi) is 7.32. The summed E-state index contributed by atoms with van der Waals surface area (Å²) in [4.78, 5) is 22.0. The molecule has 43 heavy (non-hydrogen) atoms. The third kappa shape index (κ3) is 5.36. The van der Waals surface area contributed by atoms with Crippen molar-refractivity contribution in [3.63, 3.8) is 0 Å². The number of hydrogen-bond donors (Lipinski definition) is 3. The van der Waals surface area contributed by atoms with Crippen LogP contribution in [0.4, 0.5) is 15.6 Å². The van der Waals surface area contributed by atoms with E-state index in [-0.39, 0.29) is 18.1 Å². The lowest BCUT2D eigenvalue weighted by molar-refractivity contribution is 0.176. The number of carbonyl (C=O) groups is 1. The molecule has 13 heteroatoms. The van der Waals surface area contributed by atoms with Crippen molar-refractivity contribution in [1.29, 1.82) is 5.26 Å². The number of nitrogens with zero attached hydrogens (tertiary/aromatic N) is 8. The lowest BCUT2D eigenvalue weighted by atomic mass is 9.92. The number of pyridine rings is 1. The van der Waals surface area contributed by atoms with E-state index in [0.29, 0.717) is 17.4 Å². The first-order valence-electron chi connectivity index (χ1n) is 15.0. The van der Waals surface area contributed by atoms with Gasteiger partial charge in [-0.25, -0.2) is 9.31 Å². The van der Waals surface area contributed by atoms with Gasteiger partial charge in [-0.05, 0) is 62.8 Å². The molecular weight excluding hydrogens is 562 g/mol. The van der Waals surface area contributed by atoms with Crippen LogP contribution in [0.1, 0.15) is 32.3 Å². The quantitative estimate of drug-likeness (QED) is 0.305. The van der Waals surface area contributed by atoms with Crippen molar-refractivity contribution in [2.24, 2.45) is 11.8 Å². The van der Waals surface area contributed by atoms with Gasteiger partial charge in [-0.3, -0.25) is 4.98 Å². The van der Waals surface area contributed by atoms with Crippen LogP contribution in [0.2, 0.25) is 0 Å². The summed E-state index contributed by atoms with van der Waals surface area (Å²) in [6.45, 7) is 9.19. The third-order valence-electron chi connectivity index (χ3n) is 8.68. The maximum absolute atomic E-state index is 12.9. The molecule has 0 aromatic carbocycles. The number of aromatic nitrogens is 5. The molecule has 6 heterocycles. The average Bonchev–Trinajstić information content (AvgIpc) is 3.73. The van der Waals surface area contributed by atoms with E-state index in [1.807, 2.05) is 35.4 Å². The highest BCUT2D eigenvalue weighted by molar-refractivity contribution is 7.18. The first-order valence-corrected chi connectivity index (χ1v) is 15.8. The number of piperazine rings is 1. The van der Waals surface area contributed by atoms with Crippen molar-refractivity contribution in [3.8, 4) is 28.0 Å². The fraction of sp³-hybridized carbons (Fsp3) is 0.467. The van der Waals surface area contributed by atoms with Gasteiger partial charge in [-0.1, -0.05) is 11.3 Å². The molecule has 1 aliphatic carbocycles. The maximum Gasteiger partial charge on any atom is 0.317 e. The molecule has 3 fully saturated rings. The van der Waals surface area contributed by atoms with Crippen molar-refractivity contribution in [3.05, 3.63) is 42.2 Å². The zero-order valence-electron chi connectivity index (χ0n) is 24.3. The molecule has 222 valence electrons. The van der Waals surface area contributed by atoms with Crippen molar-refractivity contribution in [2.75, 3.05) is 49.5 Å². The number of nitriles is 1. The molecule has 2 bridgehead atoms. The van der Waals surface area contributed by atoms with Crippen LogP contribution in [0.5, 0.6) is 0 Å². The molecule has 12 nitrogen and oxygen atoms in total. The van der Waals surface area contributed by atoms with Crippen LogP contribution in [0.3, 0.4) is 0 Å². The summed E-state index contributed by atoms with van der Waals surface area (Å²) in [5.74, 6) is 0.818. The first kappa shape index (κ1) is 27.5. The van der Waals surface area contributed by atoms with Crippen molar-refractivity contribution in [1.82, 2.24) is 40.3 Å². The van der Waals surface area contributed by atoms with E-state index in [9.17, 15) is 10.1 Å². The van der Waals surface area contributed by atoms with E-state index >= 15 is 0 Å². The van der Waals surface area contributed by atoms with E-state index < -0.39 is 0 Å². The van der Waals surface area contributed by atoms with Crippen LogP contribution in [0.15, 0.2) is 36.7 Å². The van der Waals surface area contributed by atoms with Crippen LogP contribution in [-0.2, 0) is 0 Å². The number of anilines is 2. The van der Waals surface area contributed by atoms with E-state index in [1.54, 1.807) is 22.0 Å². The average molecular weight is 598 g/mol. The van der Waals surface area contributed by atoms with Gasteiger partial charge in [-0.15, -0.1) is 10.2 Å². The summed E-state index contributed by atoms with van der Waals surface area (Å²) in [5, 5.41) is 34.9. The highest BCUT2D eigenvalue weighted by Crippen LogP contribution is 2.41. The smallest absolute Gasteiger partial charge is 0.317 e. The summed E-state index contributed by atoms with van der Waals surface area (Å²) in [6, 6.07) is 10.4. The van der Waals surface area contributed by atoms with Crippen molar-refractivity contribution < 1.29 is 4.79 Å². The summed E-state index contributed by atoms with van der Waals surface area (Å²) in [6.07, 6.45) is 5.66. The number of carbonyl (C=O) groups excluding carboxylic acids is 1. The lowest BCUT2D eigenvalue weighted by Gasteiger charge is -2.39. The Labute approximate surface area is 254 Å². The molecule has 0 spiro atoms. The SMILES string of the molecule is CC(C)Nc1cc(-c2ccc3cc(C#N)cnn23)ncc1-c1nnc(N2C[C@H]3CC[C@@H](C2)[C@@H]3NC(=O)N2CCNCC2)s1. The fourth-order valence-corrected chi connectivity index (χ4v) is 7.51. The Morgan fingerprint density at radius 2 is 1.91 bits per heavy atom. The molecule has 2 amide bonds. The van der Waals surface area contributed by atoms with Crippen LogP contribution in [-0.4, -0.2) is 87.1 Å². The van der Waals surface area contributed by atoms with Gasteiger partial charge in [0, 0.05) is 63.2 Å². The van der Waals surface area contributed by atoms with E-state index in [2.05, 4.69) is 56.1 Å². The van der Waals surface area contributed by atoms with Gasteiger partial charge in [-0.2, -0.15) is 10.4 Å². The summed E-state index contributed by atoms with van der Waals surface area (Å²) in [7, 11) is 0. The van der Waals surface area contributed by atoms with Crippen LogP contribution < -0.4 is 20.9 Å². The Morgan fingerprint density at radius 1 is 1.12 bits per heavy atom. The van der Waals surface area contributed by atoms with E-state index in [0.717, 1.165) is 90.4 Å². The summed E-state index contributed by atoms with van der Waals surface area (Å²) in [5.41, 5.74) is 4.82. The molecule has 2 saturated heterocycles. The van der Waals surface area contributed by atoms with Gasteiger partial charge in [0.1, 0.15) is 6.07 Å². The number of hydrogen-bond acceptors (Lipinski definition) is 10. The van der Waals surface area contributed by atoms with Crippen LogP contribution >= 0.6 is 11.3 Å². The van der Waals surface area contributed by atoms with Gasteiger partial charge in [0.25, 0.3) is 0 Å². The fourth-order valence-electron chi connectivity index (χ4n) is 6.62. The molecule has 4 aromatic rings. The van der Waals surface area contributed by atoms with Crippen molar-refractivity contribution >= 4 is 33.7 Å². The molecule has 4 aromatic heterocycles. The molecule has 3 atom stereocenters. The number of piperidine rings is 1. The predicted molar refractivity (Wildman–Crippen MR) is 166 cm³/mol. The number of rotatable bonds is 6. The minimum absolute atomic E-state index is 0.0759. The molecule has 3 aliphatic rings. The topological polar surface area (TPSA) is 139 Å². The largest absolute Gasteiger partial charge is 0.382 e. The molecule has 0 radical (unpaired) electrons. The minimum atomic E-state index is 0.0759. The Morgan fingerprint density at radius 3 is 2.65 bits per heavy atom. The molecule has 0 unspecified atom stereocenters. The standard InChI is InChI=1S/C30H35N11OS/c1-18(2)35-24-12-25(26-6-5-22-11-19(13-31)14-34-41(22)26)33-15-23(24)28-37-38-30(43-28)40-16-20-3-4-21(17-40)27(20)36-29(42)39-9-7-32-8-10-39/h5-6,11-12,14-15,18,20-21,27,32H,3-4,7-10,16-17H2,1-2H3,(H,33,35)(H,36,42)/t20-,21+,27-. The van der Waals surface area contributed by atoms with Gasteiger partial charge in [0.15, 0.2) is 5.01 Å². The highest BCUT2D eigenvalue weighted by atomic mass is 32.1. The zero-order valence-corrected chi connectivity index (χ0v) is 25.1. The number of amides is 2. The monoisotopic (exact) mass is 597 g/mol. The van der Waals surface area contributed by atoms with E-state index in [1.165, 1.54) is 0 Å². The van der Waals surface area contributed by atoms with E-state index in [4.69, 9.17) is 4.98 Å². The Hall–Kier alpha value is -4.28. The van der Waals surface area contributed by atoms with Gasteiger partial charge in [0.05, 0.1) is 34.2 Å². The Bertz CT molecular complexity index is 1670. The van der Waals surface area contributed by atoms with Crippen LogP contribution in [0.25, 0.3) is 27.5 Å². The van der Waals surface area contributed by atoms with Gasteiger partial charge in [0.2, 0.25) is 5.13 Å². The lowest BCUT2D eigenvalue weighted by Crippen LogP contribution is -2.57. The number of fused-ring (bicyclic) bond motifs is 3. The summed E-state index contributed by atoms with van der Waals surface area (Å²) < 4.78 is 1.80. The predicted octanol–water partition coefficient (Wildman–Crippen LogP) is 3.44. The molecule has 1 saturated carbocycles. The molecule has 2 aliphatic heterocycles. The number of nitrogens with one attached hydrogen (secondary N) is 3. The maximum atomic E-state index is 12.9. The second kappa shape index (κ2) is 11.4. The van der Waals surface area contributed by atoms with Crippen molar-refractivity contribution in [2.45, 2.75) is 38.8 Å². The van der Waals surface area contributed by atoms with Gasteiger partial charge >= 0.3 is 6.03 Å². The second-order valence-corrected chi connectivity index (χ2v) is 12.9. The highest BCUT2D eigenvalue weighted by Gasteiger charge is 2.44. The molecular formula is C30H35N11OS. The molecule has 7 rings (SSSR count). The third-order valence-corrected chi connectivity index (χ3v) is 9.70. The molecule has 3 N–H and O–H groups in total. The second-order valence-electron chi connectivity index (χ2n) is 11.9. The van der Waals surface area contributed by atoms with Gasteiger partial charge < -0.3 is 25.8 Å². The van der Waals surface area contributed by atoms with Crippen LogP contribution in [0, 0.1) is 23.2 Å². The first-order chi connectivity index (χ1) is 21.0.